The first-order valence-corrected chi connectivity index (χ1v) is 14.1. The van der Waals surface area contributed by atoms with Gasteiger partial charge in [-0.3, -0.25) is 9.69 Å². The summed E-state index contributed by atoms with van der Waals surface area (Å²) in [6, 6.07) is 8.78. The topological polar surface area (TPSA) is 58.8 Å². The molecular formula is C30H36F5N3O2. The van der Waals surface area contributed by atoms with E-state index in [0.29, 0.717) is 56.4 Å². The van der Waals surface area contributed by atoms with E-state index in [1.807, 2.05) is 9.80 Å². The summed E-state index contributed by atoms with van der Waals surface area (Å²) in [5.74, 6) is -1.26. The normalized spacial score (nSPS) is 22.3. The quantitative estimate of drug-likeness (QED) is 0.385. The summed E-state index contributed by atoms with van der Waals surface area (Å²) in [4.78, 5) is 15.5. The molecule has 1 unspecified atom stereocenters. The molecule has 0 bridgehead atoms. The zero-order chi connectivity index (χ0) is 28.5. The maximum Gasteiger partial charge on any atom is 0.395 e. The number of piperidine rings is 1. The molecule has 2 N–H and O–H groups in total. The Morgan fingerprint density at radius 1 is 0.975 bits per heavy atom. The van der Waals surface area contributed by atoms with E-state index in [9.17, 15) is 26.7 Å². The molecule has 2 saturated heterocycles. The molecule has 2 aliphatic heterocycles. The number of halogens is 5. The third kappa shape index (κ3) is 6.12. The number of hydrogen-bond donors (Lipinski definition) is 1. The summed E-state index contributed by atoms with van der Waals surface area (Å²) >= 11 is 0. The predicted molar refractivity (Wildman–Crippen MR) is 141 cm³/mol. The summed E-state index contributed by atoms with van der Waals surface area (Å²) in [6.45, 7) is 2.62. The fourth-order valence-electron chi connectivity index (χ4n) is 6.33. The van der Waals surface area contributed by atoms with Crippen molar-refractivity contribution in [3.8, 4) is 16.9 Å². The lowest BCUT2D eigenvalue weighted by molar-refractivity contribution is -0.256. The summed E-state index contributed by atoms with van der Waals surface area (Å²) in [7, 11) is 0. The Hall–Kier alpha value is -2.72. The molecular weight excluding hydrogens is 529 g/mol. The standard InChI is InChI=1S/C30H36F5N3O2/c31-24-15-21(17-38-12-1-3-26(38)28(36)39)4-6-23(24)22-5-7-27(25(32)16-22)40-18-20-8-13-37(14-9-20)19-29(10-2-11-29)30(33,34)35/h4-7,15-16,20,26H,1-3,8-14,17-19H2,(H2,36,39). The molecule has 0 radical (unpaired) electrons. The van der Waals surface area contributed by atoms with E-state index in [1.165, 1.54) is 18.2 Å². The number of nitrogens with zero attached hydrogens (tertiary/aromatic N) is 2. The van der Waals surface area contributed by atoms with Crippen molar-refractivity contribution in [2.45, 2.75) is 63.7 Å². The first kappa shape index (κ1) is 28.8. The third-order valence-corrected chi connectivity index (χ3v) is 8.97. The first-order valence-electron chi connectivity index (χ1n) is 14.1. The first-order chi connectivity index (χ1) is 19.0. The van der Waals surface area contributed by atoms with Gasteiger partial charge >= 0.3 is 6.18 Å². The van der Waals surface area contributed by atoms with E-state index in [2.05, 4.69) is 0 Å². The Labute approximate surface area is 231 Å². The van der Waals surface area contributed by atoms with Crippen LogP contribution in [0.3, 0.4) is 0 Å². The van der Waals surface area contributed by atoms with E-state index >= 15 is 0 Å². The van der Waals surface area contributed by atoms with Crippen LogP contribution >= 0.6 is 0 Å². The molecule has 0 aromatic heterocycles. The number of primary amides is 1. The highest BCUT2D eigenvalue weighted by atomic mass is 19.4. The molecule has 40 heavy (non-hydrogen) atoms. The molecule has 0 spiro atoms. The molecule has 2 aromatic carbocycles. The Bertz CT molecular complexity index is 1210. The van der Waals surface area contributed by atoms with Crippen LogP contribution in [0, 0.1) is 23.0 Å². The lowest BCUT2D eigenvalue weighted by Gasteiger charge is -2.47. The van der Waals surface area contributed by atoms with Gasteiger partial charge in [-0.1, -0.05) is 24.6 Å². The molecule has 218 valence electrons. The average Bonchev–Trinajstić information content (AvgIpc) is 3.34. The van der Waals surface area contributed by atoms with Crippen molar-refractivity contribution in [3.63, 3.8) is 0 Å². The van der Waals surface area contributed by atoms with Crippen molar-refractivity contribution in [2.24, 2.45) is 17.1 Å². The van der Waals surface area contributed by atoms with Crippen molar-refractivity contribution in [3.05, 3.63) is 53.6 Å². The minimum atomic E-state index is -4.16. The molecule has 5 nitrogen and oxygen atoms in total. The summed E-state index contributed by atoms with van der Waals surface area (Å²) in [6.07, 6.45) is -0.162. The van der Waals surface area contributed by atoms with Crippen LogP contribution in [0.2, 0.25) is 0 Å². The van der Waals surface area contributed by atoms with Gasteiger partial charge in [-0.2, -0.15) is 13.2 Å². The minimum absolute atomic E-state index is 0.0594. The van der Waals surface area contributed by atoms with Gasteiger partial charge in [0.1, 0.15) is 5.82 Å². The highest BCUT2D eigenvalue weighted by Crippen LogP contribution is 2.53. The van der Waals surface area contributed by atoms with Crippen LogP contribution in [0.1, 0.15) is 50.5 Å². The van der Waals surface area contributed by atoms with Crippen LogP contribution in [-0.2, 0) is 11.3 Å². The average molecular weight is 566 g/mol. The number of carbonyl (C=O) groups is 1. The Morgan fingerprint density at radius 2 is 1.73 bits per heavy atom. The Balaban J connectivity index is 1.13. The Kier molecular flexibility index (Phi) is 8.38. The van der Waals surface area contributed by atoms with Crippen LogP contribution in [0.5, 0.6) is 5.75 Å². The van der Waals surface area contributed by atoms with Crippen molar-refractivity contribution in [2.75, 3.05) is 32.8 Å². The molecule has 2 aromatic rings. The maximum atomic E-state index is 15.0. The second-order valence-corrected chi connectivity index (χ2v) is 11.7. The van der Waals surface area contributed by atoms with E-state index in [0.717, 1.165) is 13.0 Å². The second-order valence-electron chi connectivity index (χ2n) is 11.7. The van der Waals surface area contributed by atoms with E-state index < -0.39 is 23.2 Å². The summed E-state index contributed by atoms with van der Waals surface area (Å²) in [5, 5.41) is 0. The number of rotatable bonds is 9. The smallest absolute Gasteiger partial charge is 0.395 e. The number of benzene rings is 2. The highest BCUT2D eigenvalue weighted by molar-refractivity contribution is 5.80. The van der Waals surface area contributed by atoms with Crippen molar-refractivity contribution >= 4 is 5.91 Å². The number of carbonyl (C=O) groups excluding carboxylic acids is 1. The summed E-state index contributed by atoms with van der Waals surface area (Å²) < 4.78 is 76.1. The molecule has 1 aliphatic carbocycles. The molecule has 1 saturated carbocycles. The zero-order valence-corrected chi connectivity index (χ0v) is 22.5. The molecule has 10 heteroatoms. The monoisotopic (exact) mass is 565 g/mol. The highest BCUT2D eigenvalue weighted by Gasteiger charge is 2.58. The van der Waals surface area contributed by atoms with Gasteiger partial charge in [0.2, 0.25) is 5.91 Å². The SMILES string of the molecule is NC(=O)C1CCCN1Cc1ccc(-c2ccc(OCC3CCN(CC4(C(F)(F)F)CCC4)CC3)c(F)c2)c(F)c1. The van der Waals surface area contributed by atoms with Gasteiger partial charge in [0.05, 0.1) is 18.1 Å². The van der Waals surface area contributed by atoms with Crippen molar-refractivity contribution in [1.82, 2.24) is 9.80 Å². The van der Waals surface area contributed by atoms with E-state index in [4.69, 9.17) is 10.5 Å². The number of ether oxygens (including phenoxy) is 1. The van der Waals surface area contributed by atoms with Gasteiger partial charge in [-0.25, -0.2) is 8.78 Å². The van der Waals surface area contributed by atoms with Crippen LogP contribution in [-0.4, -0.2) is 60.7 Å². The number of alkyl halides is 3. The van der Waals surface area contributed by atoms with E-state index in [-0.39, 0.29) is 55.2 Å². The fourth-order valence-corrected chi connectivity index (χ4v) is 6.33. The zero-order valence-electron chi connectivity index (χ0n) is 22.5. The second kappa shape index (κ2) is 11.6. The van der Waals surface area contributed by atoms with Gasteiger partial charge in [0, 0.05) is 18.7 Å². The van der Waals surface area contributed by atoms with Crippen LogP contribution < -0.4 is 10.5 Å². The third-order valence-electron chi connectivity index (χ3n) is 8.97. The lowest BCUT2D eigenvalue weighted by Crippen LogP contribution is -2.53. The lowest BCUT2D eigenvalue weighted by atomic mass is 9.67. The molecule has 2 heterocycles. The van der Waals surface area contributed by atoms with Gasteiger partial charge in [0.15, 0.2) is 11.6 Å². The Morgan fingerprint density at radius 3 is 2.33 bits per heavy atom. The number of likely N-dealkylation sites (tertiary alicyclic amines) is 2. The predicted octanol–water partition coefficient (Wildman–Crippen LogP) is 5.90. The van der Waals surface area contributed by atoms with Gasteiger partial charge in [-0.05, 0) is 93.4 Å². The molecule has 3 aliphatic rings. The largest absolute Gasteiger partial charge is 0.490 e. The van der Waals surface area contributed by atoms with Gasteiger partial charge in [-0.15, -0.1) is 0 Å². The molecule has 1 atom stereocenters. The van der Waals surface area contributed by atoms with Gasteiger partial charge < -0.3 is 15.4 Å². The van der Waals surface area contributed by atoms with Crippen LogP contribution in [0.4, 0.5) is 22.0 Å². The number of hydrogen-bond acceptors (Lipinski definition) is 4. The van der Waals surface area contributed by atoms with Crippen molar-refractivity contribution < 1.29 is 31.5 Å². The number of amides is 1. The minimum Gasteiger partial charge on any atom is -0.490 e. The van der Waals surface area contributed by atoms with Crippen LogP contribution in [0.15, 0.2) is 36.4 Å². The molecule has 1 amide bonds. The number of nitrogens with two attached hydrogens (primary N) is 1. The summed E-state index contributed by atoms with van der Waals surface area (Å²) in [5.41, 5.74) is 5.27. The fraction of sp³-hybridized carbons (Fsp3) is 0.567. The van der Waals surface area contributed by atoms with E-state index in [1.54, 1.807) is 18.2 Å². The molecule has 3 fully saturated rings. The van der Waals surface area contributed by atoms with Crippen molar-refractivity contribution in [1.29, 1.82) is 0 Å². The van der Waals surface area contributed by atoms with Crippen LogP contribution in [0.25, 0.3) is 11.1 Å². The maximum absolute atomic E-state index is 15.0. The van der Waals surface area contributed by atoms with Gasteiger partial charge in [0.25, 0.3) is 0 Å². The molecule has 5 rings (SSSR count).